The van der Waals surface area contributed by atoms with Crippen molar-refractivity contribution in [1.29, 1.82) is 0 Å². The number of hydrogen-bond donors (Lipinski definition) is 0. The number of carbonyl (C=O) groups is 1. The third kappa shape index (κ3) is 7.15. The lowest BCUT2D eigenvalue weighted by Crippen LogP contribution is -2.41. The van der Waals surface area contributed by atoms with E-state index in [9.17, 15) is 4.79 Å². The first-order valence-corrected chi connectivity index (χ1v) is 7.82. The summed E-state index contributed by atoms with van der Waals surface area (Å²) in [6, 6.07) is 0. The lowest BCUT2D eigenvalue weighted by Gasteiger charge is -2.29. The van der Waals surface area contributed by atoms with Crippen LogP contribution in [0.4, 0.5) is 0 Å². The van der Waals surface area contributed by atoms with Gasteiger partial charge in [-0.25, -0.2) is 0 Å². The molecule has 0 bridgehead atoms. The van der Waals surface area contributed by atoms with Crippen molar-refractivity contribution in [2.24, 2.45) is 5.92 Å². The highest BCUT2D eigenvalue weighted by Crippen LogP contribution is 2.20. The molecule has 0 N–H and O–H groups in total. The van der Waals surface area contributed by atoms with Crippen molar-refractivity contribution in [3.05, 3.63) is 0 Å². The predicted octanol–water partition coefficient (Wildman–Crippen LogP) is 3.79. The molecular weight excluding hydrogens is 222 g/mol. The molecule has 2 nitrogen and oxygen atoms in total. The molecule has 1 rings (SSSR count). The van der Waals surface area contributed by atoms with Crippen LogP contribution in [0.5, 0.6) is 0 Å². The Hall–Kier alpha value is -0.370. The fraction of sp³-hybridized carbons (Fsp3) is 0.938. The zero-order chi connectivity index (χ0) is 13.4. The molecule has 106 valence electrons. The van der Waals surface area contributed by atoms with Gasteiger partial charge >= 0.3 is 0 Å². The maximum absolute atomic E-state index is 12.3. The molecule has 1 atom stereocenters. The molecule has 2 heteroatoms. The minimum absolute atomic E-state index is 0.310. The molecule has 0 heterocycles. The van der Waals surface area contributed by atoms with Gasteiger partial charge in [0.2, 0.25) is 0 Å². The van der Waals surface area contributed by atoms with E-state index in [1.54, 1.807) is 0 Å². The zero-order valence-electron chi connectivity index (χ0n) is 12.7. The Kier molecular flexibility index (Phi) is 6.91. The normalized spacial score (nSPS) is 25.3. The molecule has 0 radical (unpaired) electrons. The Morgan fingerprint density at radius 3 is 1.94 bits per heavy atom. The second-order valence-electron chi connectivity index (χ2n) is 7.00. The number of rotatable bonds is 2. The summed E-state index contributed by atoms with van der Waals surface area (Å²) in [5.74, 6) is 0.841. The van der Waals surface area contributed by atoms with Crippen molar-refractivity contribution in [2.45, 2.75) is 64.2 Å². The van der Waals surface area contributed by atoms with E-state index >= 15 is 0 Å². The van der Waals surface area contributed by atoms with Crippen molar-refractivity contribution in [3.8, 4) is 0 Å². The highest BCUT2D eigenvalue weighted by molar-refractivity contribution is 5.81. The van der Waals surface area contributed by atoms with E-state index in [4.69, 9.17) is 0 Å². The second-order valence-corrected chi connectivity index (χ2v) is 7.00. The Bertz CT molecular complexity index is 242. The van der Waals surface area contributed by atoms with Gasteiger partial charge in [-0.1, -0.05) is 44.9 Å². The van der Waals surface area contributed by atoms with Crippen molar-refractivity contribution < 1.29 is 9.28 Å². The Labute approximate surface area is 113 Å². The number of nitrogens with zero attached hydrogens (tertiary/aromatic N) is 1. The number of ketones is 1. The fourth-order valence-corrected chi connectivity index (χ4v) is 2.97. The van der Waals surface area contributed by atoms with E-state index in [1.165, 1.54) is 44.9 Å². The number of Topliss-reactive ketones (excluding diaryl/α,β-unsaturated/α-hetero) is 1. The fourth-order valence-electron chi connectivity index (χ4n) is 2.97. The minimum atomic E-state index is 0.310. The van der Waals surface area contributed by atoms with Crippen molar-refractivity contribution >= 4 is 5.78 Å². The van der Waals surface area contributed by atoms with Gasteiger partial charge in [-0.3, -0.25) is 4.79 Å². The van der Waals surface area contributed by atoms with Gasteiger partial charge in [-0.2, -0.15) is 0 Å². The van der Waals surface area contributed by atoms with Gasteiger partial charge in [0.1, 0.15) is 5.78 Å². The molecule has 1 saturated carbocycles. The summed E-state index contributed by atoms with van der Waals surface area (Å²) < 4.78 is 0.913. The van der Waals surface area contributed by atoms with Crippen LogP contribution in [0, 0.1) is 5.92 Å². The third-order valence-electron chi connectivity index (χ3n) is 3.95. The first-order chi connectivity index (χ1) is 8.49. The van der Waals surface area contributed by atoms with E-state index in [1.807, 2.05) is 0 Å². The van der Waals surface area contributed by atoms with E-state index in [0.717, 1.165) is 30.3 Å². The summed E-state index contributed by atoms with van der Waals surface area (Å²) in [6.45, 7) is 1.01. The van der Waals surface area contributed by atoms with Gasteiger partial charge in [-0.15, -0.1) is 0 Å². The van der Waals surface area contributed by atoms with Crippen LogP contribution >= 0.6 is 0 Å². The molecule has 0 unspecified atom stereocenters. The van der Waals surface area contributed by atoms with Crippen LogP contribution in [0.2, 0.25) is 0 Å². The third-order valence-corrected chi connectivity index (χ3v) is 3.95. The zero-order valence-corrected chi connectivity index (χ0v) is 12.7. The molecular formula is C16H32NO+. The summed E-state index contributed by atoms with van der Waals surface area (Å²) >= 11 is 0. The van der Waals surface area contributed by atoms with Gasteiger partial charge < -0.3 is 4.48 Å². The maximum Gasteiger partial charge on any atom is 0.141 e. The highest BCUT2D eigenvalue weighted by Gasteiger charge is 2.24. The van der Waals surface area contributed by atoms with Crippen LogP contribution in [0.3, 0.4) is 0 Å². The largest absolute Gasteiger partial charge is 0.330 e. The SMILES string of the molecule is C[N+](C)(C)C[C@H]1CCCCCCCCCCC1=O. The first-order valence-electron chi connectivity index (χ1n) is 7.82. The first kappa shape index (κ1) is 15.7. The predicted molar refractivity (Wildman–Crippen MR) is 77.6 cm³/mol. The highest BCUT2D eigenvalue weighted by atomic mass is 16.1. The van der Waals surface area contributed by atoms with Gasteiger partial charge in [0.05, 0.1) is 33.6 Å². The van der Waals surface area contributed by atoms with Crippen LogP contribution in [-0.4, -0.2) is 38.0 Å². The maximum atomic E-state index is 12.3. The molecule has 0 spiro atoms. The number of carbonyl (C=O) groups excluding carboxylic acids is 1. The Morgan fingerprint density at radius 1 is 0.889 bits per heavy atom. The molecule has 0 aromatic carbocycles. The Morgan fingerprint density at radius 2 is 1.39 bits per heavy atom. The quantitative estimate of drug-likeness (QED) is 0.685. The van der Waals surface area contributed by atoms with Crippen LogP contribution < -0.4 is 0 Å². The van der Waals surface area contributed by atoms with Crippen molar-refractivity contribution in [2.75, 3.05) is 27.7 Å². The van der Waals surface area contributed by atoms with Crippen LogP contribution in [0.1, 0.15) is 64.2 Å². The lowest BCUT2D eigenvalue weighted by atomic mass is 9.91. The summed E-state index contributed by atoms with van der Waals surface area (Å²) in [5, 5.41) is 0. The summed E-state index contributed by atoms with van der Waals surface area (Å²) in [6.07, 6.45) is 12.3. The lowest BCUT2D eigenvalue weighted by molar-refractivity contribution is -0.872. The average molecular weight is 254 g/mol. The van der Waals surface area contributed by atoms with E-state index in [2.05, 4.69) is 21.1 Å². The second kappa shape index (κ2) is 7.93. The van der Waals surface area contributed by atoms with Gasteiger partial charge in [0.25, 0.3) is 0 Å². The smallest absolute Gasteiger partial charge is 0.141 e. The van der Waals surface area contributed by atoms with Gasteiger partial charge in [0.15, 0.2) is 0 Å². The molecule has 0 saturated heterocycles. The molecule has 0 aromatic rings. The van der Waals surface area contributed by atoms with Crippen molar-refractivity contribution in [3.63, 3.8) is 0 Å². The minimum Gasteiger partial charge on any atom is -0.330 e. The molecule has 18 heavy (non-hydrogen) atoms. The van der Waals surface area contributed by atoms with E-state index < -0.39 is 0 Å². The molecule has 1 aliphatic carbocycles. The monoisotopic (exact) mass is 254 g/mol. The standard InChI is InChI=1S/C16H32NO/c1-17(2,3)14-15-12-10-8-6-4-5-7-9-11-13-16(15)18/h15H,4-14H2,1-3H3/q+1/t15-/m1/s1. The van der Waals surface area contributed by atoms with Gasteiger partial charge in [0, 0.05) is 6.42 Å². The molecule has 0 amide bonds. The van der Waals surface area contributed by atoms with Crippen LogP contribution in [0.25, 0.3) is 0 Å². The van der Waals surface area contributed by atoms with E-state index in [-0.39, 0.29) is 0 Å². The summed E-state index contributed by atoms with van der Waals surface area (Å²) in [5.41, 5.74) is 0. The Balaban J connectivity index is 2.49. The van der Waals surface area contributed by atoms with Crippen LogP contribution in [0.15, 0.2) is 0 Å². The molecule has 0 aromatic heterocycles. The van der Waals surface area contributed by atoms with Crippen LogP contribution in [-0.2, 0) is 4.79 Å². The average Bonchev–Trinajstić information content (AvgIpc) is 2.26. The van der Waals surface area contributed by atoms with Gasteiger partial charge in [-0.05, 0) is 12.8 Å². The molecule has 1 aliphatic rings. The number of quaternary nitrogens is 1. The molecule has 1 fully saturated rings. The summed E-state index contributed by atoms with van der Waals surface area (Å²) in [4.78, 5) is 12.3. The molecule has 0 aliphatic heterocycles. The number of hydrogen-bond acceptors (Lipinski definition) is 1. The van der Waals surface area contributed by atoms with Crippen molar-refractivity contribution in [1.82, 2.24) is 0 Å². The van der Waals surface area contributed by atoms with E-state index in [0.29, 0.717) is 11.7 Å². The summed E-state index contributed by atoms with van der Waals surface area (Å²) in [7, 11) is 6.59. The topological polar surface area (TPSA) is 17.1 Å².